The van der Waals surface area contributed by atoms with E-state index in [9.17, 15) is 19.5 Å². The molecular weight excluding hydrogens is 452 g/mol. The van der Waals surface area contributed by atoms with Gasteiger partial charge in [0.25, 0.3) is 5.91 Å². The zero-order valence-electron chi connectivity index (χ0n) is 19.4. The van der Waals surface area contributed by atoms with Crippen LogP contribution in [0, 0.1) is 6.92 Å². The fourth-order valence-corrected chi connectivity index (χ4v) is 3.92. The normalized spacial score (nSPS) is 11.3. The quantitative estimate of drug-likeness (QED) is 0.203. The molecule has 0 spiro atoms. The van der Waals surface area contributed by atoms with Crippen LogP contribution >= 0.6 is 0 Å². The predicted octanol–water partition coefficient (Wildman–Crippen LogP) is 3.37. The van der Waals surface area contributed by atoms with Crippen molar-refractivity contribution in [1.29, 1.82) is 0 Å². The van der Waals surface area contributed by atoms with Gasteiger partial charge in [-0.25, -0.2) is 15.0 Å². The van der Waals surface area contributed by atoms with Gasteiger partial charge in [0.1, 0.15) is 5.75 Å². The molecule has 2 aromatic carbocycles. The molecule has 0 aliphatic rings. The Hall–Kier alpha value is -4.60. The third-order valence-electron chi connectivity index (χ3n) is 5.68. The van der Waals surface area contributed by atoms with Gasteiger partial charge in [-0.15, -0.1) is 0 Å². The first kappa shape index (κ1) is 23.6. The van der Waals surface area contributed by atoms with Crippen LogP contribution in [-0.2, 0) is 16.6 Å². The van der Waals surface area contributed by atoms with Crippen LogP contribution in [0.15, 0.2) is 47.7 Å². The number of aromatic carboxylic acids is 1. The van der Waals surface area contributed by atoms with Crippen LogP contribution in [0.25, 0.3) is 21.8 Å². The van der Waals surface area contributed by atoms with E-state index in [4.69, 9.17) is 9.47 Å². The van der Waals surface area contributed by atoms with E-state index < -0.39 is 17.8 Å². The first-order valence-electron chi connectivity index (χ1n) is 10.9. The van der Waals surface area contributed by atoms with Crippen molar-refractivity contribution in [1.82, 2.24) is 15.0 Å². The number of fused-ring (bicyclic) bond motifs is 2. The minimum absolute atomic E-state index is 0.149. The fraction of sp³-hybridized carbons (Fsp3) is 0.200. The Morgan fingerprint density at radius 3 is 2.74 bits per heavy atom. The van der Waals surface area contributed by atoms with Crippen LogP contribution in [0.3, 0.4) is 0 Å². The molecule has 0 bridgehead atoms. The minimum atomic E-state index is -1.04. The molecule has 3 N–H and O–H groups in total. The predicted molar refractivity (Wildman–Crippen MR) is 130 cm³/mol. The summed E-state index contributed by atoms with van der Waals surface area (Å²) in [6.07, 6.45) is 3.04. The molecule has 1 amide bonds. The number of aromatic amines is 1. The number of H-pyrrole nitrogens is 1. The summed E-state index contributed by atoms with van der Waals surface area (Å²) < 4.78 is 12.7. The molecule has 0 aliphatic heterocycles. The number of rotatable bonds is 8. The summed E-state index contributed by atoms with van der Waals surface area (Å²) in [6, 6.07) is 10.2. The van der Waals surface area contributed by atoms with Crippen LogP contribution in [0.4, 0.5) is 0 Å². The highest BCUT2D eigenvalue weighted by molar-refractivity contribution is 6.08. The van der Waals surface area contributed by atoms with E-state index in [2.05, 4.69) is 15.5 Å². The lowest BCUT2D eigenvalue weighted by atomic mass is 10.1. The average Bonchev–Trinajstić information content (AvgIpc) is 3.36. The van der Waals surface area contributed by atoms with Crippen molar-refractivity contribution in [3.05, 3.63) is 65.0 Å². The average molecular weight is 476 g/mol. The Kier molecular flexibility index (Phi) is 6.54. The number of hydrogen-bond acceptors (Lipinski definition) is 6. The van der Waals surface area contributed by atoms with Gasteiger partial charge < -0.3 is 24.1 Å². The zero-order valence-corrected chi connectivity index (χ0v) is 19.4. The van der Waals surface area contributed by atoms with Crippen LogP contribution in [0.1, 0.15) is 38.9 Å². The van der Waals surface area contributed by atoms with Crippen molar-refractivity contribution < 1.29 is 29.0 Å². The number of aromatic nitrogens is 2. The molecule has 10 nitrogen and oxygen atoms in total. The van der Waals surface area contributed by atoms with Crippen LogP contribution < -0.4 is 10.2 Å². The minimum Gasteiger partial charge on any atom is -0.484 e. The number of carboxylic acid groups (broad SMARTS) is 1. The summed E-state index contributed by atoms with van der Waals surface area (Å²) in [5.41, 5.74) is 5.72. The van der Waals surface area contributed by atoms with Crippen LogP contribution in [-0.4, -0.2) is 51.9 Å². The van der Waals surface area contributed by atoms with E-state index in [1.165, 1.54) is 12.3 Å². The second-order valence-corrected chi connectivity index (χ2v) is 7.78. The summed E-state index contributed by atoms with van der Waals surface area (Å²) in [4.78, 5) is 38.9. The molecule has 0 unspecified atom stereocenters. The van der Waals surface area contributed by atoms with E-state index in [0.29, 0.717) is 33.2 Å². The molecule has 0 aliphatic carbocycles. The maximum atomic E-state index is 12.4. The number of carbonyl (C=O) groups is 3. The second kappa shape index (κ2) is 9.72. The molecule has 0 atom stereocenters. The first-order chi connectivity index (χ1) is 16.8. The highest BCUT2D eigenvalue weighted by Gasteiger charge is 2.20. The molecule has 4 aromatic rings. The van der Waals surface area contributed by atoms with Crippen molar-refractivity contribution in [2.75, 3.05) is 13.2 Å². The Morgan fingerprint density at radius 1 is 1.20 bits per heavy atom. The van der Waals surface area contributed by atoms with Gasteiger partial charge in [-0.2, -0.15) is 5.10 Å². The number of hydrogen-bond donors (Lipinski definition) is 3. The smallest absolute Gasteiger partial charge is 0.340 e. The highest BCUT2D eigenvalue weighted by Crippen LogP contribution is 2.29. The Balaban J connectivity index is 1.43. The fourth-order valence-electron chi connectivity index (χ4n) is 3.92. The number of carbonyl (C=O) groups excluding carboxylic acids is 2. The van der Waals surface area contributed by atoms with Gasteiger partial charge in [0.15, 0.2) is 6.61 Å². The van der Waals surface area contributed by atoms with Gasteiger partial charge in [0.05, 0.1) is 29.5 Å². The van der Waals surface area contributed by atoms with Gasteiger partial charge in [-0.3, -0.25) is 4.79 Å². The van der Waals surface area contributed by atoms with Gasteiger partial charge >= 0.3 is 11.9 Å². The number of para-hydroxylation sites is 1. The Bertz CT molecular complexity index is 1480. The van der Waals surface area contributed by atoms with Crippen molar-refractivity contribution in [2.24, 2.45) is 12.1 Å². The number of esters is 1. The third-order valence-corrected chi connectivity index (χ3v) is 5.68. The highest BCUT2D eigenvalue weighted by atomic mass is 16.5. The molecule has 4 rings (SSSR count). The second-order valence-electron chi connectivity index (χ2n) is 7.78. The number of carboxylic acids is 1. The Labute approximate surface area is 200 Å². The maximum Gasteiger partial charge on any atom is 0.340 e. The SMILES string of the molecule is CCOC(=O)c1c(C)n(C)c2ccc(OCC(=O)N/N=C\c3c[nH]c4c(C(=O)O)cccc34)cc12. The molecule has 0 fully saturated rings. The summed E-state index contributed by atoms with van der Waals surface area (Å²) in [5, 5.41) is 14.6. The molecule has 10 heteroatoms. The number of amides is 1. The molecule has 0 radical (unpaired) electrons. The van der Waals surface area contributed by atoms with E-state index >= 15 is 0 Å². The lowest BCUT2D eigenvalue weighted by molar-refractivity contribution is -0.123. The number of hydrazone groups is 1. The molecule has 2 aromatic heterocycles. The maximum absolute atomic E-state index is 12.4. The van der Waals surface area contributed by atoms with E-state index in [1.807, 2.05) is 24.6 Å². The van der Waals surface area contributed by atoms with E-state index in [0.717, 1.165) is 11.2 Å². The molecular formula is C25H24N4O6. The molecule has 0 saturated carbocycles. The number of ether oxygens (including phenoxy) is 2. The first-order valence-corrected chi connectivity index (χ1v) is 10.9. The number of benzene rings is 2. The zero-order chi connectivity index (χ0) is 25.1. The van der Waals surface area contributed by atoms with Crippen molar-refractivity contribution in [2.45, 2.75) is 13.8 Å². The topological polar surface area (TPSA) is 135 Å². The summed E-state index contributed by atoms with van der Waals surface area (Å²) in [7, 11) is 1.86. The Morgan fingerprint density at radius 2 is 2.00 bits per heavy atom. The van der Waals surface area contributed by atoms with Gasteiger partial charge in [0.2, 0.25) is 0 Å². The van der Waals surface area contributed by atoms with Gasteiger partial charge in [-0.1, -0.05) is 12.1 Å². The van der Waals surface area contributed by atoms with E-state index in [-0.39, 0.29) is 18.8 Å². The number of aryl methyl sites for hydroxylation is 1. The summed E-state index contributed by atoms with van der Waals surface area (Å²) in [5.74, 6) is -1.51. The van der Waals surface area contributed by atoms with Gasteiger partial charge in [0, 0.05) is 40.8 Å². The van der Waals surface area contributed by atoms with Gasteiger partial charge in [-0.05, 0) is 38.1 Å². The summed E-state index contributed by atoms with van der Waals surface area (Å²) in [6.45, 7) is 3.57. The standard InChI is InChI=1S/C25H24N4O6/c1-4-34-25(33)22-14(2)29(3)20-9-8-16(10-19(20)22)35-13-21(30)28-27-12-15-11-26-23-17(15)6-5-7-18(23)24(31)32/h5-12,26H,4,13H2,1-3H3,(H,28,30)(H,31,32)/b27-12-. The monoisotopic (exact) mass is 476 g/mol. The lowest BCUT2D eigenvalue weighted by Crippen LogP contribution is -2.24. The van der Waals surface area contributed by atoms with Crippen LogP contribution in [0.5, 0.6) is 5.75 Å². The lowest BCUT2D eigenvalue weighted by Gasteiger charge is -2.06. The largest absolute Gasteiger partial charge is 0.484 e. The van der Waals surface area contributed by atoms with Crippen LogP contribution in [0.2, 0.25) is 0 Å². The third kappa shape index (κ3) is 4.58. The number of nitrogens with one attached hydrogen (secondary N) is 2. The molecule has 0 saturated heterocycles. The number of nitrogens with zero attached hydrogens (tertiary/aromatic N) is 2. The molecule has 35 heavy (non-hydrogen) atoms. The van der Waals surface area contributed by atoms with Crippen molar-refractivity contribution >= 4 is 45.9 Å². The van der Waals surface area contributed by atoms with Crippen molar-refractivity contribution in [3.63, 3.8) is 0 Å². The molecule has 2 heterocycles. The van der Waals surface area contributed by atoms with E-state index in [1.54, 1.807) is 37.4 Å². The summed E-state index contributed by atoms with van der Waals surface area (Å²) >= 11 is 0. The molecule has 180 valence electrons. The van der Waals surface area contributed by atoms with Crippen molar-refractivity contribution in [3.8, 4) is 5.75 Å².